The van der Waals surface area contributed by atoms with Gasteiger partial charge in [-0.2, -0.15) is 4.31 Å². The van der Waals surface area contributed by atoms with Crippen LogP contribution in [0.25, 0.3) is 16.3 Å². The lowest BCUT2D eigenvalue weighted by atomic mass is 10.3. The van der Waals surface area contributed by atoms with Gasteiger partial charge >= 0.3 is 0 Å². The molecule has 0 bridgehead atoms. The first-order valence-electron chi connectivity index (χ1n) is 9.02. The fourth-order valence-corrected chi connectivity index (χ4v) is 5.46. The molecule has 1 amide bonds. The highest BCUT2D eigenvalue weighted by atomic mass is 32.2. The summed E-state index contributed by atoms with van der Waals surface area (Å²) < 4.78 is 41.0. The summed E-state index contributed by atoms with van der Waals surface area (Å²) in [4.78, 5) is 18.4. The average Bonchev–Trinajstić information content (AvgIpc) is 3.15. The molecule has 0 aliphatic carbocycles. The molecular formula is C20H18FN3O3S2. The summed E-state index contributed by atoms with van der Waals surface area (Å²) >= 11 is 1.50. The normalized spacial score (nSPS) is 16.0. The predicted octanol–water partition coefficient (Wildman–Crippen LogP) is 2.98. The van der Waals surface area contributed by atoms with Gasteiger partial charge in [0.15, 0.2) is 0 Å². The Kier molecular flexibility index (Phi) is 5.44. The topological polar surface area (TPSA) is 70.6 Å². The van der Waals surface area contributed by atoms with Crippen molar-refractivity contribution in [2.24, 2.45) is 0 Å². The molecule has 0 N–H and O–H groups in total. The number of amides is 1. The molecule has 1 fully saturated rings. The van der Waals surface area contributed by atoms with E-state index in [-0.39, 0.29) is 37.0 Å². The molecular weight excluding hydrogens is 413 g/mol. The average molecular weight is 432 g/mol. The van der Waals surface area contributed by atoms with Crippen molar-refractivity contribution in [2.75, 3.05) is 26.2 Å². The lowest BCUT2D eigenvalue weighted by molar-refractivity contribution is -0.127. The monoisotopic (exact) mass is 431 g/mol. The molecule has 0 unspecified atom stereocenters. The molecule has 1 aliphatic rings. The summed E-state index contributed by atoms with van der Waals surface area (Å²) in [5.41, 5.74) is 0.890. The Morgan fingerprint density at radius 2 is 1.83 bits per heavy atom. The van der Waals surface area contributed by atoms with E-state index in [2.05, 4.69) is 4.98 Å². The number of benzene rings is 2. The summed E-state index contributed by atoms with van der Waals surface area (Å²) in [6, 6.07) is 12.7. The largest absolute Gasteiger partial charge is 0.337 e. The number of sulfonamides is 1. The SMILES string of the molecule is O=C(/C=C/c1nc2ccccc2s1)N1CCN(S(=O)(=O)c2cccc(F)c2)CC1. The molecule has 0 saturated carbocycles. The zero-order valence-corrected chi connectivity index (χ0v) is 17.0. The highest BCUT2D eigenvalue weighted by Crippen LogP contribution is 2.23. The molecule has 0 spiro atoms. The van der Waals surface area contributed by atoms with E-state index in [9.17, 15) is 17.6 Å². The van der Waals surface area contributed by atoms with Gasteiger partial charge in [-0.25, -0.2) is 17.8 Å². The van der Waals surface area contributed by atoms with Crippen molar-refractivity contribution in [1.82, 2.24) is 14.2 Å². The number of thiazole rings is 1. The van der Waals surface area contributed by atoms with Crippen LogP contribution in [0.4, 0.5) is 4.39 Å². The number of para-hydroxylation sites is 1. The highest BCUT2D eigenvalue weighted by Gasteiger charge is 2.29. The van der Waals surface area contributed by atoms with Gasteiger partial charge in [0.05, 0.1) is 15.1 Å². The molecule has 150 valence electrons. The maximum Gasteiger partial charge on any atom is 0.246 e. The van der Waals surface area contributed by atoms with Gasteiger partial charge in [0, 0.05) is 32.3 Å². The summed E-state index contributed by atoms with van der Waals surface area (Å²) in [7, 11) is -3.77. The predicted molar refractivity (Wildman–Crippen MR) is 110 cm³/mol. The number of halogens is 1. The van der Waals surface area contributed by atoms with E-state index in [0.29, 0.717) is 0 Å². The van der Waals surface area contributed by atoms with E-state index in [4.69, 9.17) is 0 Å². The van der Waals surface area contributed by atoms with Gasteiger partial charge < -0.3 is 4.90 Å². The van der Waals surface area contributed by atoms with Gasteiger partial charge in [-0.1, -0.05) is 18.2 Å². The van der Waals surface area contributed by atoms with Crippen molar-refractivity contribution in [3.63, 3.8) is 0 Å². The van der Waals surface area contributed by atoms with Crippen molar-refractivity contribution in [2.45, 2.75) is 4.90 Å². The summed E-state index contributed by atoms with van der Waals surface area (Å²) in [5, 5.41) is 0.742. The molecule has 29 heavy (non-hydrogen) atoms. The molecule has 4 rings (SSSR count). The number of nitrogens with zero attached hydrogens (tertiary/aromatic N) is 3. The Bertz CT molecular complexity index is 1150. The standard InChI is InChI=1S/C20H18FN3O3S2/c21-15-4-3-5-16(14-15)29(26,27)24-12-10-23(11-13-24)20(25)9-8-19-22-17-6-1-2-7-18(17)28-19/h1-9,14H,10-13H2/b9-8+. The molecule has 6 nitrogen and oxygen atoms in total. The van der Waals surface area contributed by atoms with Crippen molar-refractivity contribution in [3.05, 3.63) is 65.4 Å². The molecule has 1 aliphatic heterocycles. The molecule has 3 aromatic rings. The van der Waals surface area contributed by atoms with E-state index in [1.165, 1.54) is 39.9 Å². The van der Waals surface area contributed by atoms with E-state index >= 15 is 0 Å². The molecule has 9 heteroatoms. The number of fused-ring (bicyclic) bond motifs is 1. The first-order chi connectivity index (χ1) is 13.9. The quantitative estimate of drug-likeness (QED) is 0.596. The second kappa shape index (κ2) is 8.02. The second-order valence-electron chi connectivity index (χ2n) is 6.54. The first kappa shape index (κ1) is 19.7. The van der Waals surface area contributed by atoms with E-state index < -0.39 is 15.8 Å². The number of carbonyl (C=O) groups is 1. The third-order valence-electron chi connectivity index (χ3n) is 4.66. The number of hydrogen-bond donors (Lipinski definition) is 0. The lowest BCUT2D eigenvalue weighted by Crippen LogP contribution is -2.50. The fourth-order valence-electron chi connectivity index (χ4n) is 3.13. The minimum Gasteiger partial charge on any atom is -0.337 e. The van der Waals surface area contributed by atoms with Gasteiger partial charge in [-0.3, -0.25) is 4.79 Å². The van der Waals surface area contributed by atoms with Crippen LogP contribution in [0.5, 0.6) is 0 Å². The van der Waals surface area contributed by atoms with Gasteiger partial charge in [-0.15, -0.1) is 11.3 Å². The van der Waals surface area contributed by atoms with Crippen molar-refractivity contribution in [3.8, 4) is 0 Å². The Labute approximate surface area is 171 Å². The van der Waals surface area contributed by atoms with Crippen LogP contribution in [0.1, 0.15) is 5.01 Å². The van der Waals surface area contributed by atoms with Gasteiger partial charge in [0.25, 0.3) is 0 Å². The van der Waals surface area contributed by atoms with Crippen molar-refractivity contribution < 1.29 is 17.6 Å². The van der Waals surface area contributed by atoms with Crippen molar-refractivity contribution >= 4 is 43.6 Å². The number of piperazine rings is 1. The van der Waals surface area contributed by atoms with Gasteiger partial charge in [0.2, 0.25) is 15.9 Å². The van der Waals surface area contributed by atoms with Crippen LogP contribution in [-0.4, -0.2) is 54.7 Å². The molecule has 2 aromatic carbocycles. The van der Waals surface area contributed by atoms with Crippen LogP contribution in [0.2, 0.25) is 0 Å². The Morgan fingerprint density at radius 3 is 2.55 bits per heavy atom. The van der Waals surface area contributed by atoms with Gasteiger partial charge in [-0.05, 0) is 36.4 Å². The maximum absolute atomic E-state index is 13.4. The minimum atomic E-state index is -3.77. The second-order valence-corrected chi connectivity index (χ2v) is 9.54. The molecule has 2 heterocycles. The Hall–Kier alpha value is -2.62. The number of hydrogen-bond acceptors (Lipinski definition) is 5. The molecule has 0 atom stereocenters. The highest BCUT2D eigenvalue weighted by molar-refractivity contribution is 7.89. The minimum absolute atomic E-state index is 0.0759. The third kappa shape index (κ3) is 4.21. The zero-order valence-electron chi connectivity index (χ0n) is 15.4. The van der Waals surface area contributed by atoms with Crippen LogP contribution in [0, 0.1) is 5.82 Å². The molecule has 1 saturated heterocycles. The Morgan fingerprint density at radius 1 is 1.07 bits per heavy atom. The van der Waals surface area contributed by atoms with E-state index in [1.807, 2.05) is 24.3 Å². The van der Waals surface area contributed by atoms with Crippen LogP contribution in [0.3, 0.4) is 0 Å². The molecule has 1 aromatic heterocycles. The van der Waals surface area contributed by atoms with Gasteiger partial charge in [0.1, 0.15) is 10.8 Å². The summed E-state index contributed by atoms with van der Waals surface area (Å²) in [6.07, 6.45) is 3.15. The van der Waals surface area contributed by atoms with Crippen LogP contribution < -0.4 is 0 Å². The smallest absolute Gasteiger partial charge is 0.246 e. The van der Waals surface area contributed by atoms with E-state index in [0.717, 1.165) is 21.3 Å². The lowest BCUT2D eigenvalue weighted by Gasteiger charge is -2.33. The zero-order chi connectivity index (χ0) is 20.4. The molecule has 0 radical (unpaired) electrons. The van der Waals surface area contributed by atoms with Crippen LogP contribution in [-0.2, 0) is 14.8 Å². The number of aromatic nitrogens is 1. The number of rotatable bonds is 4. The Balaban J connectivity index is 1.39. The van der Waals surface area contributed by atoms with E-state index in [1.54, 1.807) is 11.0 Å². The number of carbonyl (C=O) groups excluding carboxylic acids is 1. The van der Waals surface area contributed by atoms with Crippen molar-refractivity contribution in [1.29, 1.82) is 0 Å². The first-order valence-corrected chi connectivity index (χ1v) is 11.3. The maximum atomic E-state index is 13.4. The van der Waals surface area contributed by atoms with Crippen LogP contribution >= 0.6 is 11.3 Å². The summed E-state index contributed by atoms with van der Waals surface area (Å²) in [5.74, 6) is -0.785. The fraction of sp³-hybridized carbons (Fsp3) is 0.200. The van der Waals surface area contributed by atoms with Crippen LogP contribution in [0.15, 0.2) is 59.5 Å². The third-order valence-corrected chi connectivity index (χ3v) is 7.56. The summed E-state index contributed by atoms with van der Waals surface area (Å²) in [6.45, 7) is 0.883.